The average molecular weight is 250 g/mol. The van der Waals surface area contributed by atoms with Crippen LogP contribution < -0.4 is 0 Å². The van der Waals surface area contributed by atoms with Gasteiger partial charge in [0, 0.05) is 32.5 Å². The number of hydrogen-bond acceptors (Lipinski definition) is 2. The molecule has 0 N–H and O–H groups in total. The van der Waals surface area contributed by atoms with E-state index in [-0.39, 0.29) is 12.8 Å². The molecule has 0 bridgehead atoms. The molecule has 1 aliphatic heterocycles. The van der Waals surface area contributed by atoms with Crippen LogP contribution in [0.1, 0.15) is 29.5 Å². The van der Waals surface area contributed by atoms with Crippen LogP contribution in [0.25, 0.3) is 0 Å². The van der Waals surface area contributed by atoms with Crippen molar-refractivity contribution in [3.63, 3.8) is 0 Å². The second-order valence-electron chi connectivity index (χ2n) is 4.95. The summed E-state index contributed by atoms with van der Waals surface area (Å²) in [5.41, 5.74) is 2.69. The summed E-state index contributed by atoms with van der Waals surface area (Å²) in [6.07, 6.45) is -0.131. The fourth-order valence-corrected chi connectivity index (χ4v) is 2.31. The maximum Gasteiger partial charge on any atom is 0.250 e. The van der Waals surface area contributed by atoms with Gasteiger partial charge < -0.3 is 0 Å². The smallest absolute Gasteiger partial charge is 0.250 e. The number of rotatable bonds is 2. The average Bonchev–Trinajstić information content (AvgIpc) is 2.31. The zero-order chi connectivity index (χ0) is 13.2. The van der Waals surface area contributed by atoms with Gasteiger partial charge in [0.05, 0.1) is 11.6 Å². The van der Waals surface area contributed by atoms with Crippen LogP contribution in [0.3, 0.4) is 0 Å². The number of alkyl halides is 2. The molecule has 1 aromatic carbocycles. The van der Waals surface area contributed by atoms with E-state index in [0.29, 0.717) is 25.2 Å². The van der Waals surface area contributed by atoms with Crippen molar-refractivity contribution in [3.05, 3.63) is 34.9 Å². The van der Waals surface area contributed by atoms with E-state index in [2.05, 4.69) is 6.07 Å². The Kier molecular flexibility index (Phi) is 3.63. The lowest BCUT2D eigenvalue weighted by atomic mass is 10.0. The van der Waals surface area contributed by atoms with Gasteiger partial charge in [0.2, 0.25) is 0 Å². The van der Waals surface area contributed by atoms with Crippen LogP contribution >= 0.6 is 0 Å². The van der Waals surface area contributed by atoms with Crippen molar-refractivity contribution in [3.8, 4) is 6.07 Å². The standard InChI is InChI=1S/C14H16F2N2/c1-11-6-12(9-17)8-13(7-11)10-18-4-2-14(15,16)3-5-18/h6-8H,2-5,10H2,1H3. The minimum atomic E-state index is -2.50. The highest BCUT2D eigenvalue weighted by Gasteiger charge is 2.33. The summed E-state index contributed by atoms with van der Waals surface area (Å²) in [6.45, 7) is 3.42. The van der Waals surface area contributed by atoms with E-state index in [1.54, 1.807) is 0 Å². The molecule has 4 heteroatoms. The number of piperidine rings is 1. The first-order chi connectivity index (χ1) is 8.48. The number of aryl methyl sites for hydroxylation is 1. The molecule has 1 heterocycles. The Hall–Kier alpha value is -1.47. The van der Waals surface area contributed by atoms with Crippen LogP contribution in [0.15, 0.2) is 18.2 Å². The molecular weight excluding hydrogens is 234 g/mol. The lowest BCUT2D eigenvalue weighted by molar-refractivity contribution is -0.0566. The van der Waals surface area contributed by atoms with E-state index in [1.165, 1.54) is 0 Å². The van der Waals surface area contributed by atoms with E-state index in [0.717, 1.165) is 11.1 Å². The largest absolute Gasteiger partial charge is 0.299 e. The molecule has 0 saturated carbocycles. The third-order valence-electron chi connectivity index (χ3n) is 3.26. The molecule has 0 unspecified atom stereocenters. The number of likely N-dealkylation sites (tertiary alicyclic amines) is 1. The first-order valence-corrected chi connectivity index (χ1v) is 6.09. The highest BCUT2D eigenvalue weighted by molar-refractivity contribution is 5.36. The van der Waals surface area contributed by atoms with Crippen LogP contribution in [-0.4, -0.2) is 23.9 Å². The SMILES string of the molecule is Cc1cc(C#N)cc(CN2CCC(F)(F)CC2)c1. The molecule has 0 atom stereocenters. The Bertz CT molecular complexity index is 467. The van der Waals surface area contributed by atoms with Gasteiger partial charge in [-0.2, -0.15) is 5.26 Å². The topological polar surface area (TPSA) is 27.0 Å². The molecule has 1 fully saturated rings. The third-order valence-corrected chi connectivity index (χ3v) is 3.26. The molecule has 0 amide bonds. The highest BCUT2D eigenvalue weighted by atomic mass is 19.3. The maximum absolute atomic E-state index is 13.0. The number of nitriles is 1. The molecule has 2 nitrogen and oxygen atoms in total. The van der Waals surface area contributed by atoms with Gasteiger partial charge in [-0.3, -0.25) is 4.90 Å². The van der Waals surface area contributed by atoms with E-state index < -0.39 is 5.92 Å². The van der Waals surface area contributed by atoms with Crippen LogP contribution in [0.4, 0.5) is 8.78 Å². The quantitative estimate of drug-likeness (QED) is 0.806. The zero-order valence-electron chi connectivity index (χ0n) is 10.4. The lowest BCUT2D eigenvalue weighted by Crippen LogP contribution is -2.38. The van der Waals surface area contributed by atoms with E-state index in [9.17, 15) is 8.78 Å². The minimum Gasteiger partial charge on any atom is -0.299 e. The summed E-state index contributed by atoms with van der Waals surface area (Å²) in [7, 11) is 0. The van der Waals surface area contributed by atoms with Gasteiger partial charge >= 0.3 is 0 Å². The van der Waals surface area contributed by atoms with E-state index in [1.807, 2.05) is 30.0 Å². The maximum atomic E-state index is 13.0. The zero-order valence-corrected chi connectivity index (χ0v) is 10.4. The molecule has 18 heavy (non-hydrogen) atoms. The summed E-state index contributed by atoms with van der Waals surface area (Å²) >= 11 is 0. The van der Waals surface area contributed by atoms with Gasteiger partial charge in [-0.1, -0.05) is 6.07 Å². The van der Waals surface area contributed by atoms with Crippen LogP contribution in [0.2, 0.25) is 0 Å². The van der Waals surface area contributed by atoms with Gasteiger partial charge in [-0.05, 0) is 30.2 Å². The predicted molar refractivity (Wildman–Crippen MR) is 65.4 cm³/mol. The summed E-state index contributed by atoms with van der Waals surface area (Å²) in [5.74, 6) is -2.50. The fourth-order valence-electron chi connectivity index (χ4n) is 2.31. The molecular formula is C14H16F2N2. The Labute approximate surface area is 106 Å². The number of nitrogens with zero attached hydrogens (tertiary/aromatic N) is 2. The molecule has 0 aliphatic carbocycles. The third kappa shape index (κ3) is 3.27. The summed E-state index contributed by atoms with van der Waals surface area (Å²) in [4.78, 5) is 2.02. The van der Waals surface area contributed by atoms with Gasteiger partial charge in [-0.15, -0.1) is 0 Å². The number of halogens is 2. The molecule has 96 valence electrons. The van der Waals surface area contributed by atoms with Crippen molar-refractivity contribution in [1.29, 1.82) is 5.26 Å². The molecule has 0 aromatic heterocycles. The second-order valence-corrected chi connectivity index (χ2v) is 4.95. The van der Waals surface area contributed by atoms with Crippen molar-refractivity contribution in [2.45, 2.75) is 32.2 Å². The van der Waals surface area contributed by atoms with Crippen LogP contribution in [-0.2, 0) is 6.54 Å². The van der Waals surface area contributed by atoms with Crippen LogP contribution in [0.5, 0.6) is 0 Å². The fraction of sp³-hybridized carbons (Fsp3) is 0.500. The Morgan fingerprint density at radius 3 is 2.56 bits per heavy atom. The summed E-state index contributed by atoms with van der Waals surface area (Å²) < 4.78 is 26.1. The first-order valence-electron chi connectivity index (χ1n) is 6.09. The first kappa shape index (κ1) is 13.0. The molecule has 1 aliphatic rings. The van der Waals surface area contributed by atoms with Gasteiger partial charge in [-0.25, -0.2) is 8.78 Å². The molecule has 2 rings (SSSR count). The van der Waals surface area contributed by atoms with Crippen molar-refractivity contribution in [1.82, 2.24) is 4.90 Å². The summed E-state index contributed by atoms with van der Waals surface area (Å²) in [5, 5.41) is 8.90. The summed E-state index contributed by atoms with van der Waals surface area (Å²) in [6, 6.07) is 7.79. The van der Waals surface area contributed by atoms with Crippen molar-refractivity contribution < 1.29 is 8.78 Å². The van der Waals surface area contributed by atoms with Crippen molar-refractivity contribution in [2.24, 2.45) is 0 Å². The number of benzene rings is 1. The second kappa shape index (κ2) is 5.03. The Balaban J connectivity index is 2.02. The van der Waals surface area contributed by atoms with Crippen LogP contribution in [0, 0.1) is 18.3 Å². The number of hydrogen-bond donors (Lipinski definition) is 0. The molecule has 1 aromatic rings. The Morgan fingerprint density at radius 1 is 1.28 bits per heavy atom. The Morgan fingerprint density at radius 2 is 1.94 bits per heavy atom. The molecule has 0 radical (unpaired) electrons. The van der Waals surface area contributed by atoms with Gasteiger partial charge in [0.1, 0.15) is 0 Å². The normalized spacial score (nSPS) is 19.4. The molecule has 0 spiro atoms. The predicted octanol–water partition coefficient (Wildman–Crippen LogP) is 3.10. The lowest BCUT2D eigenvalue weighted by Gasteiger charge is -2.31. The van der Waals surface area contributed by atoms with Gasteiger partial charge in [0.15, 0.2) is 0 Å². The highest BCUT2D eigenvalue weighted by Crippen LogP contribution is 2.28. The van der Waals surface area contributed by atoms with Crippen molar-refractivity contribution in [2.75, 3.05) is 13.1 Å². The minimum absolute atomic E-state index is 0.0656. The van der Waals surface area contributed by atoms with E-state index >= 15 is 0 Å². The van der Waals surface area contributed by atoms with Crippen molar-refractivity contribution >= 4 is 0 Å². The van der Waals surface area contributed by atoms with E-state index in [4.69, 9.17) is 5.26 Å². The molecule has 1 saturated heterocycles. The van der Waals surface area contributed by atoms with Gasteiger partial charge in [0.25, 0.3) is 5.92 Å². The monoisotopic (exact) mass is 250 g/mol.